The molecule has 0 atom stereocenters. The zero-order valence-electron chi connectivity index (χ0n) is 21.0. The lowest BCUT2D eigenvalue weighted by atomic mass is 9.75. The Bertz CT molecular complexity index is 1130. The Labute approximate surface area is 212 Å². The van der Waals surface area contributed by atoms with Gasteiger partial charge in [0, 0.05) is 43.5 Å². The van der Waals surface area contributed by atoms with Crippen LogP contribution in [0.15, 0.2) is 48.5 Å². The minimum Gasteiger partial charge on any atom is -0.481 e. The van der Waals surface area contributed by atoms with E-state index in [1.54, 1.807) is 4.90 Å². The van der Waals surface area contributed by atoms with Gasteiger partial charge in [-0.3, -0.25) is 14.5 Å². The standard InChI is InChI=1S/C29H35N3O4/c1-21-11-12-22-13-16-31(25(22)19-21)28(36)30-17-14-29(15-18-30,27(34)35)20-26(33)32(24-9-5-6-10-24)23-7-3-2-4-8-23/h2-4,7-8,11-12,19,24H,5-6,9-10,13-18,20H2,1H3,(H,34,35). The lowest BCUT2D eigenvalue weighted by Gasteiger charge is -2.41. The number of carbonyl (C=O) groups excluding carboxylic acids is 2. The summed E-state index contributed by atoms with van der Waals surface area (Å²) in [6.45, 7) is 3.34. The lowest BCUT2D eigenvalue weighted by molar-refractivity contribution is -0.154. The Morgan fingerprint density at radius 2 is 1.69 bits per heavy atom. The van der Waals surface area contributed by atoms with Gasteiger partial charge in [-0.05, 0) is 68.4 Å². The maximum atomic E-state index is 13.7. The van der Waals surface area contributed by atoms with Gasteiger partial charge >= 0.3 is 12.0 Å². The van der Waals surface area contributed by atoms with Crippen molar-refractivity contribution in [3.05, 3.63) is 59.7 Å². The number of piperidine rings is 1. The highest BCUT2D eigenvalue weighted by molar-refractivity contribution is 5.97. The Balaban J connectivity index is 1.30. The van der Waals surface area contributed by atoms with Crippen molar-refractivity contribution in [1.82, 2.24) is 4.90 Å². The number of amides is 3. The highest BCUT2D eigenvalue weighted by Crippen LogP contribution is 2.39. The Morgan fingerprint density at radius 1 is 1.00 bits per heavy atom. The average Bonchev–Trinajstić information content (AvgIpc) is 3.55. The molecule has 7 heteroatoms. The third kappa shape index (κ3) is 4.59. The van der Waals surface area contributed by atoms with E-state index < -0.39 is 11.4 Å². The summed E-state index contributed by atoms with van der Waals surface area (Å²) in [5.41, 5.74) is 2.93. The predicted octanol–water partition coefficient (Wildman–Crippen LogP) is 5.01. The SMILES string of the molecule is Cc1ccc2c(c1)N(C(=O)N1CCC(CC(=O)N(c3ccccc3)C3CCCC3)(C(=O)O)CC1)CC2. The van der Waals surface area contributed by atoms with Gasteiger partial charge < -0.3 is 14.9 Å². The van der Waals surface area contributed by atoms with E-state index in [1.165, 1.54) is 5.56 Å². The number of urea groups is 1. The number of hydrogen-bond donors (Lipinski definition) is 1. The van der Waals surface area contributed by atoms with E-state index in [0.29, 0.717) is 19.6 Å². The molecule has 1 saturated carbocycles. The molecule has 5 rings (SSSR count). The smallest absolute Gasteiger partial charge is 0.324 e. The van der Waals surface area contributed by atoms with Crippen molar-refractivity contribution >= 4 is 29.3 Å². The Kier molecular flexibility index (Phi) is 6.73. The zero-order valence-corrected chi connectivity index (χ0v) is 21.0. The minimum absolute atomic E-state index is 0.0402. The van der Waals surface area contributed by atoms with Gasteiger partial charge in [-0.2, -0.15) is 0 Å². The van der Waals surface area contributed by atoms with E-state index in [2.05, 4.69) is 12.1 Å². The van der Waals surface area contributed by atoms with E-state index in [4.69, 9.17) is 0 Å². The second-order valence-corrected chi connectivity index (χ2v) is 10.6. The molecule has 2 aromatic rings. The molecule has 3 amide bonds. The maximum absolute atomic E-state index is 13.7. The molecule has 2 fully saturated rings. The predicted molar refractivity (Wildman–Crippen MR) is 139 cm³/mol. The van der Waals surface area contributed by atoms with Gasteiger partial charge in [0.05, 0.1) is 5.41 Å². The summed E-state index contributed by atoms with van der Waals surface area (Å²) in [4.78, 5) is 45.0. The number of carbonyl (C=O) groups is 3. The molecule has 0 aromatic heterocycles. The molecule has 3 aliphatic rings. The Hall–Kier alpha value is -3.35. The zero-order chi connectivity index (χ0) is 25.3. The molecular formula is C29H35N3O4. The third-order valence-electron chi connectivity index (χ3n) is 8.29. The van der Waals surface area contributed by atoms with Crippen LogP contribution < -0.4 is 9.80 Å². The molecule has 2 aromatic carbocycles. The van der Waals surface area contributed by atoms with Crippen LogP contribution in [0.25, 0.3) is 0 Å². The largest absolute Gasteiger partial charge is 0.481 e. The van der Waals surface area contributed by atoms with Gasteiger partial charge in [-0.25, -0.2) is 4.79 Å². The van der Waals surface area contributed by atoms with E-state index in [0.717, 1.165) is 49.0 Å². The number of carboxylic acid groups (broad SMARTS) is 1. The second-order valence-electron chi connectivity index (χ2n) is 10.6. The Morgan fingerprint density at radius 3 is 2.36 bits per heavy atom. The molecule has 36 heavy (non-hydrogen) atoms. The van der Waals surface area contributed by atoms with E-state index in [1.807, 2.05) is 53.1 Å². The van der Waals surface area contributed by atoms with Crippen LogP contribution in [0.3, 0.4) is 0 Å². The van der Waals surface area contributed by atoms with Gasteiger partial charge in [-0.15, -0.1) is 0 Å². The summed E-state index contributed by atoms with van der Waals surface area (Å²) >= 11 is 0. The number of rotatable bonds is 5. The molecule has 1 N–H and O–H groups in total. The quantitative estimate of drug-likeness (QED) is 0.640. The van der Waals surface area contributed by atoms with Gasteiger partial charge in [0.2, 0.25) is 5.91 Å². The maximum Gasteiger partial charge on any atom is 0.324 e. The van der Waals surface area contributed by atoms with Crippen molar-refractivity contribution in [3.63, 3.8) is 0 Å². The van der Waals surface area contributed by atoms with Crippen molar-refractivity contribution < 1.29 is 19.5 Å². The number of hydrogen-bond acceptors (Lipinski definition) is 3. The van der Waals surface area contributed by atoms with Crippen molar-refractivity contribution in [3.8, 4) is 0 Å². The van der Waals surface area contributed by atoms with Gasteiger partial charge in [-0.1, -0.05) is 43.2 Å². The van der Waals surface area contributed by atoms with Crippen LogP contribution >= 0.6 is 0 Å². The first-order valence-electron chi connectivity index (χ1n) is 13.1. The number of benzene rings is 2. The molecule has 0 bridgehead atoms. The van der Waals surface area contributed by atoms with Gasteiger partial charge in [0.15, 0.2) is 0 Å². The molecule has 2 heterocycles. The van der Waals surface area contributed by atoms with Crippen molar-refractivity contribution in [1.29, 1.82) is 0 Å². The minimum atomic E-state index is -1.15. The molecular weight excluding hydrogens is 454 g/mol. The number of aryl methyl sites for hydroxylation is 1. The van der Waals surface area contributed by atoms with Crippen LogP contribution in [0.5, 0.6) is 0 Å². The second kappa shape index (κ2) is 9.96. The van der Waals surface area contributed by atoms with Gasteiger partial charge in [0.25, 0.3) is 0 Å². The summed E-state index contributed by atoms with van der Waals surface area (Å²) in [6, 6.07) is 15.9. The number of anilines is 2. The highest BCUT2D eigenvalue weighted by atomic mass is 16.4. The average molecular weight is 490 g/mol. The van der Waals surface area contributed by atoms with Crippen LogP contribution in [-0.2, 0) is 16.0 Å². The fourth-order valence-corrected chi connectivity index (χ4v) is 6.14. The molecule has 1 aliphatic carbocycles. The number of nitrogens with zero attached hydrogens (tertiary/aromatic N) is 3. The van der Waals surface area contributed by atoms with E-state index in [9.17, 15) is 19.5 Å². The lowest BCUT2D eigenvalue weighted by Crippen LogP contribution is -2.52. The number of aliphatic carboxylic acids is 1. The van der Waals surface area contributed by atoms with E-state index >= 15 is 0 Å². The number of carboxylic acids is 1. The van der Waals surface area contributed by atoms with Crippen molar-refractivity contribution in [2.24, 2.45) is 5.41 Å². The van der Waals surface area contributed by atoms with Crippen LogP contribution in [0, 0.1) is 12.3 Å². The van der Waals surface area contributed by atoms with Crippen LogP contribution in [0.4, 0.5) is 16.2 Å². The molecule has 190 valence electrons. The summed E-state index contributed by atoms with van der Waals surface area (Å²) in [7, 11) is 0. The normalized spacial score (nSPS) is 19.2. The monoisotopic (exact) mass is 489 g/mol. The molecule has 0 spiro atoms. The number of para-hydroxylation sites is 1. The number of fused-ring (bicyclic) bond motifs is 1. The molecule has 2 aliphatic heterocycles. The molecule has 7 nitrogen and oxygen atoms in total. The van der Waals surface area contributed by atoms with Crippen LogP contribution in [0.1, 0.15) is 56.1 Å². The molecule has 0 unspecified atom stereocenters. The first-order valence-corrected chi connectivity index (χ1v) is 13.1. The fourth-order valence-electron chi connectivity index (χ4n) is 6.14. The van der Waals surface area contributed by atoms with E-state index in [-0.39, 0.29) is 37.2 Å². The molecule has 1 saturated heterocycles. The highest BCUT2D eigenvalue weighted by Gasteiger charge is 2.46. The number of likely N-dealkylation sites (tertiary alicyclic amines) is 1. The van der Waals surface area contributed by atoms with Crippen LogP contribution in [0.2, 0.25) is 0 Å². The fraction of sp³-hybridized carbons (Fsp3) is 0.483. The summed E-state index contributed by atoms with van der Waals surface area (Å²) in [5.74, 6) is -1.07. The van der Waals surface area contributed by atoms with Crippen LogP contribution in [-0.4, -0.2) is 53.6 Å². The summed E-state index contributed by atoms with van der Waals surface area (Å²) < 4.78 is 0. The summed E-state index contributed by atoms with van der Waals surface area (Å²) in [5, 5.41) is 10.3. The first kappa shape index (κ1) is 24.3. The first-order chi connectivity index (χ1) is 17.4. The molecule has 0 radical (unpaired) electrons. The van der Waals surface area contributed by atoms with Crippen molar-refractivity contribution in [2.45, 2.75) is 64.3 Å². The third-order valence-corrected chi connectivity index (χ3v) is 8.29. The topological polar surface area (TPSA) is 81.2 Å². The van der Waals surface area contributed by atoms with Crippen molar-refractivity contribution in [2.75, 3.05) is 29.4 Å². The van der Waals surface area contributed by atoms with Gasteiger partial charge in [0.1, 0.15) is 0 Å². The summed E-state index contributed by atoms with van der Waals surface area (Å²) in [6.07, 6.45) is 5.41.